The minimum Gasteiger partial charge on any atom is -0.344 e. The molecule has 0 spiro atoms. The van der Waals surface area contributed by atoms with Gasteiger partial charge in [-0.15, -0.1) is 0 Å². The van der Waals surface area contributed by atoms with Crippen LogP contribution in [0.2, 0.25) is 0 Å². The number of carbonyl (C=O) groups excluding carboxylic acids is 1. The van der Waals surface area contributed by atoms with Gasteiger partial charge >= 0.3 is 0 Å². The van der Waals surface area contributed by atoms with E-state index in [-0.39, 0.29) is 11.9 Å². The molecule has 1 atom stereocenters. The number of imidazole rings is 1. The standard InChI is InChI=1S/C17H19N5O/c1-3-14(16-18-9-11(2)20-16)21-17(23)13-10-19-22-15(13)12-7-5-4-6-8-12/h4-10,14H,3H2,1-2H3,(H,18,20)(H,19,22)(H,21,23). The first-order valence-electron chi connectivity index (χ1n) is 7.60. The Kier molecular flexibility index (Phi) is 4.23. The van der Waals surface area contributed by atoms with E-state index in [2.05, 4.69) is 25.5 Å². The highest BCUT2D eigenvalue weighted by Gasteiger charge is 2.20. The summed E-state index contributed by atoms with van der Waals surface area (Å²) < 4.78 is 0. The topological polar surface area (TPSA) is 86.5 Å². The fourth-order valence-electron chi connectivity index (χ4n) is 2.49. The second-order valence-corrected chi connectivity index (χ2v) is 5.41. The number of aryl methyl sites for hydroxylation is 1. The van der Waals surface area contributed by atoms with E-state index in [0.29, 0.717) is 11.3 Å². The molecule has 118 valence electrons. The van der Waals surface area contributed by atoms with Crippen molar-refractivity contribution in [3.63, 3.8) is 0 Å². The Morgan fingerprint density at radius 3 is 2.70 bits per heavy atom. The lowest BCUT2D eigenvalue weighted by molar-refractivity contribution is 0.0934. The van der Waals surface area contributed by atoms with Crippen LogP contribution in [0.25, 0.3) is 11.3 Å². The molecule has 0 saturated heterocycles. The summed E-state index contributed by atoms with van der Waals surface area (Å²) in [4.78, 5) is 20.1. The smallest absolute Gasteiger partial charge is 0.255 e. The molecular weight excluding hydrogens is 290 g/mol. The second-order valence-electron chi connectivity index (χ2n) is 5.41. The maximum Gasteiger partial charge on any atom is 0.255 e. The fourth-order valence-corrected chi connectivity index (χ4v) is 2.49. The number of amides is 1. The number of carbonyl (C=O) groups is 1. The number of H-pyrrole nitrogens is 2. The molecule has 6 heteroatoms. The van der Waals surface area contributed by atoms with Crippen molar-refractivity contribution in [1.82, 2.24) is 25.5 Å². The van der Waals surface area contributed by atoms with E-state index in [1.165, 1.54) is 0 Å². The largest absolute Gasteiger partial charge is 0.344 e. The molecule has 1 amide bonds. The highest BCUT2D eigenvalue weighted by molar-refractivity contribution is 5.99. The zero-order chi connectivity index (χ0) is 16.2. The highest BCUT2D eigenvalue weighted by Crippen LogP contribution is 2.22. The van der Waals surface area contributed by atoms with E-state index < -0.39 is 0 Å². The molecule has 2 heterocycles. The summed E-state index contributed by atoms with van der Waals surface area (Å²) in [6, 6.07) is 9.52. The zero-order valence-electron chi connectivity index (χ0n) is 13.1. The molecule has 0 fully saturated rings. The van der Waals surface area contributed by atoms with Crippen LogP contribution in [0.3, 0.4) is 0 Å². The number of nitrogens with one attached hydrogen (secondary N) is 3. The Balaban J connectivity index is 1.83. The number of aromatic amines is 2. The molecule has 3 rings (SSSR count). The summed E-state index contributed by atoms with van der Waals surface area (Å²) in [5.74, 6) is 0.599. The third-order valence-electron chi connectivity index (χ3n) is 3.71. The first kappa shape index (κ1) is 15.0. The predicted octanol–water partition coefficient (Wildman–Crippen LogP) is 2.99. The number of nitrogens with zero attached hydrogens (tertiary/aromatic N) is 2. The third-order valence-corrected chi connectivity index (χ3v) is 3.71. The van der Waals surface area contributed by atoms with Crippen LogP contribution in [0.5, 0.6) is 0 Å². The molecular formula is C17H19N5O. The molecule has 3 aromatic rings. The van der Waals surface area contributed by atoms with Gasteiger partial charge in [-0.25, -0.2) is 4.98 Å². The van der Waals surface area contributed by atoms with Crippen LogP contribution < -0.4 is 5.32 Å². The van der Waals surface area contributed by atoms with Crippen LogP contribution in [0.1, 0.15) is 41.3 Å². The monoisotopic (exact) mass is 309 g/mol. The van der Waals surface area contributed by atoms with Crippen LogP contribution in [-0.4, -0.2) is 26.1 Å². The molecule has 1 unspecified atom stereocenters. The second kappa shape index (κ2) is 6.48. The Morgan fingerprint density at radius 2 is 2.04 bits per heavy atom. The summed E-state index contributed by atoms with van der Waals surface area (Å²) in [6.07, 6.45) is 4.06. The fraction of sp³-hybridized carbons (Fsp3) is 0.235. The third kappa shape index (κ3) is 3.15. The first-order valence-corrected chi connectivity index (χ1v) is 7.60. The number of hydrogen-bond donors (Lipinski definition) is 3. The molecule has 0 aliphatic heterocycles. The average Bonchev–Trinajstić information content (AvgIpc) is 3.22. The van der Waals surface area contributed by atoms with Gasteiger partial charge in [0.05, 0.1) is 23.5 Å². The molecule has 0 aliphatic carbocycles. The Hall–Kier alpha value is -2.89. The van der Waals surface area contributed by atoms with Gasteiger partial charge in [-0.3, -0.25) is 9.89 Å². The lowest BCUT2D eigenvalue weighted by atomic mass is 10.1. The van der Waals surface area contributed by atoms with Gasteiger partial charge in [0.25, 0.3) is 5.91 Å². The lowest BCUT2D eigenvalue weighted by Gasteiger charge is -2.14. The lowest BCUT2D eigenvalue weighted by Crippen LogP contribution is -2.29. The van der Waals surface area contributed by atoms with Crippen molar-refractivity contribution in [2.45, 2.75) is 26.3 Å². The van der Waals surface area contributed by atoms with Crippen molar-refractivity contribution in [1.29, 1.82) is 0 Å². The number of rotatable bonds is 5. The molecule has 23 heavy (non-hydrogen) atoms. The average molecular weight is 309 g/mol. The van der Waals surface area contributed by atoms with Crippen molar-refractivity contribution < 1.29 is 4.79 Å². The molecule has 0 radical (unpaired) electrons. The van der Waals surface area contributed by atoms with Crippen LogP contribution in [0.15, 0.2) is 42.7 Å². The summed E-state index contributed by atoms with van der Waals surface area (Å²) in [7, 11) is 0. The first-order chi connectivity index (χ1) is 11.2. The van der Waals surface area contributed by atoms with Gasteiger partial charge in [-0.2, -0.15) is 5.10 Å². The van der Waals surface area contributed by atoms with Gasteiger partial charge in [-0.1, -0.05) is 37.3 Å². The van der Waals surface area contributed by atoms with Crippen molar-refractivity contribution in [3.8, 4) is 11.3 Å². The Morgan fingerprint density at radius 1 is 1.26 bits per heavy atom. The van der Waals surface area contributed by atoms with Crippen LogP contribution in [0.4, 0.5) is 0 Å². The number of benzene rings is 1. The minimum absolute atomic E-state index is 0.158. The molecule has 6 nitrogen and oxygen atoms in total. The molecule has 1 aromatic carbocycles. The normalized spacial score (nSPS) is 12.1. The molecule has 2 aromatic heterocycles. The van der Waals surface area contributed by atoms with Gasteiger partial charge in [0.1, 0.15) is 5.82 Å². The molecule has 3 N–H and O–H groups in total. The van der Waals surface area contributed by atoms with Crippen molar-refractivity contribution in [2.24, 2.45) is 0 Å². The molecule has 0 bridgehead atoms. The number of aromatic nitrogens is 4. The van der Waals surface area contributed by atoms with Gasteiger partial charge in [0, 0.05) is 17.5 Å². The van der Waals surface area contributed by atoms with Crippen LogP contribution >= 0.6 is 0 Å². The Bertz CT molecular complexity index is 790. The van der Waals surface area contributed by atoms with Gasteiger partial charge in [0.2, 0.25) is 0 Å². The summed E-state index contributed by atoms with van der Waals surface area (Å²) in [5.41, 5.74) is 3.14. The predicted molar refractivity (Wildman–Crippen MR) is 87.8 cm³/mol. The molecule has 0 aliphatic rings. The molecule has 0 saturated carbocycles. The quantitative estimate of drug-likeness (QED) is 0.677. The summed E-state index contributed by atoms with van der Waals surface area (Å²) in [6.45, 7) is 3.95. The van der Waals surface area contributed by atoms with Crippen LogP contribution in [0, 0.1) is 6.92 Å². The van der Waals surface area contributed by atoms with Gasteiger partial charge < -0.3 is 10.3 Å². The van der Waals surface area contributed by atoms with Crippen molar-refractivity contribution in [2.75, 3.05) is 0 Å². The SMILES string of the molecule is CCC(NC(=O)c1cn[nH]c1-c1ccccc1)c1ncc(C)[nH]1. The van der Waals surface area contributed by atoms with E-state index in [1.807, 2.05) is 44.2 Å². The van der Waals surface area contributed by atoms with E-state index in [1.54, 1.807) is 12.4 Å². The van der Waals surface area contributed by atoms with E-state index >= 15 is 0 Å². The summed E-state index contributed by atoms with van der Waals surface area (Å²) in [5, 5.41) is 9.94. The Labute approximate surface area is 134 Å². The maximum absolute atomic E-state index is 12.6. The van der Waals surface area contributed by atoms with Gasteiger partial charge in [-0.05, 0) is 13.3 Å². The van der Waals surface area contributed by atoms with Gasteiger partial charge in [0.15, 0.2) is 0 Å². The van der Waals surface area contributed by atoms with E-state index in [4.69, 9.17) is 0 Å². The van der Waals surface area contributed by atoms with E-state index in [9.17, 15) is 4.79 Å². The number of hydrogen-bond acceptors (Lipinski definition) is 3. The minimum atomic E-state index is -0.168. The van der Waals surface area contributed by atoms with Crippen molar-refractivity contribution in [3.05, 3.63) is 59.8 Å². The van der Waals surface area contributed by atoms with Crippen LogP contribution in [-0.2, 0) is 0 Å². The highest BCUT2D eigenvalue weighted by atomic mass is 16.1. The zero-order valence-corrected chi connectivity index (χ0v) is 13.1. The van der Waals surface area contributed by atoms with Crippen molar-refractivity contribution >= 4 is 5.91 Å². The van der Waals surface area contributed by atoms with E-state index in [0.717, 1.165) is 23.5 Å². The summed E-state index contributed by atoms with van der Waals surface area (Å²) >= 11 is 0. The maximum atomic E-state index is 12.6.